The second-order valence-electron chi connectivity index (χ2n) is 1.68. The molecule has 0 saturated heterocycles. The Morgan fingerprint density at radius 3 is 3.10 bits per heavy atom. The average molecular weight is 155 g/mol. The Morgan fingerprint density at radius 1 is 1.80 bits per heavy atom. The summed E-state index contributed by atoms with van der Waals surface area (Å²) in [7, 11) is 0. The van der Waals surface area contributed by atoms with Gasteiger partial charge in [-0.3, -0.25) is 0 Å². The molecule has 0 saturated carbocycles. The summed E-state index contributed by atoms with van der Waals surface area (Å²) in [6, 6.07) is 0. The van der Waals surface area contributed by atoms with Crippen molar-refractivity contribution in [3.63, 3.8) is 0 Å². The Balaban J connectivity index is 2.76. The zero-order valence-corrected chi connectivity index (χ0v) is 6.33. The van der Waals surface area contributed by atoms with Gasteiger partial charge in [-0.1, -0.05) is 11.8 Å². The Hall–Kier alpha value is -0.880. The third-order valence-corrected chi connectivity index (χ3v) is 1.73. The first kappa shape index (κ1) is 7.23. The Morgan fingerprint density at radius 2 is 2.60 bits per heavy atom. The summed E-state index contributed by atoms with van der Waals surface area (Å²) >= 11 is 1.48. The van der Waals surface area contributed by atoms with E-state index in [1.165, 1.54) is 11.3 Å². The molecule has 1 heterocycles. The minimum Gasteiger partial charge on any atom is -0.249 e. The number of hydrogen-bond acceptors (Lipinski definition) is 2. The van der Waals surface area contributed by atoms with Crippen LogP contribution in [0.25, 0.3) is 0 Å². The lowest BCUT2D eigenvalue weighted by Crippen LogP contribution is -1.63. The molecular weight excluding hydrogens is 149 g/mol. The lowest BCUT2D eigenvalue weighted by Gasteiger charge is -1.71. The molecule has 52 valence electrons. The van der Waals surface area contributed by atoms with Crippen molar-refractivity contribution >= 4 is 11.3 Å². The lowest BCUT2D eigenvalue weighted by molar-refractivity contribution is 0.573. The van der Waals surface area contributed by atoms with E-state index in [9.17, 15) is 4.39 Å². The number of nitrogens with zero attached hydrogens (tertiary/aromatic N) is 1. The van der Waals surface area contributed by atoms with Gasteiger partial charge in [-0.2, -0.15) is 0 Å². The molecule has 1 aromatic rings. The smallest absolute Gasteiger partial charge is 0.150 e. The summed E-state index contributed by atoms with van der Waals surface area (Å²) in [5.74, 6) is 4.98. The van der Waals surface area contributed by atoms with E-state index in [2.05, 4.69) is 16.8 Å². The number of halogens is 1. The quantitative estimate of drug-likeness (QED) is 0.520. The lowest BCUT2D eigenvalue weighted by atomic mass is 10.5. The summed E-state index contributed by atoms with van der Waals surface area (Å²) in [6.07, 6.45) is 1.66. The van der Waals surface area contributed by atoms with E-state index < -0.39 is 6.67 Å². The van der Waals surface area contributed by atoms with Crippen molar-refractivity contribution in [1.82, 2.24) is 4.98 Å². The average Bonchev–Trinajstić information content (AvgIpc) is 2.31. The molecule has 0 aromatic carbocycles. The molecule has 0 aliphatic carbocycles. The molecule has 0 spiro atoms. The van der Waals surface area contributed by atoms with E-state index in [0.717, 1.165) is 9.88 Å². The number of thiazole rings is 1. The van der Waals surface area contributed by atoms with Crippen molar-refractivity contribution in [3.8, 4) is 11.8 Å². The summed E-state index contributed by atoms with van der Waals surface area (Å²) in [4.78, 5) is 4.79. The fraction of sp³-hybridized carbons (Fsp3) is 0.286. The van der Waals surface area contributed by atoms with E-state index in [0.29, 0.717) is 0 Å². The minimum atomic E-state index is -0.586. The fourth-order valence-electron chi connectivity index (χ4n) is 0.540. The molecule has 0 unspecified atom stereocenters. The van der Waals surface area contributed by atoms with Crippen LogP contribution < -0.4 is 0 Å². The Bertz CT molecular complexity index is 269. The third kappa shape index (κ3) is 1.82. The van der Waals surface area contributed by atoms with Gasteiger partial charge in [-0.25, -0.2) is 9.37 Å². The van der Waals surface area contributed by atoms with Gasteiger partial charge in [0.15, 0.2) is 6.67 Å². The molecule has 3 heteroatoms. The number of rotatable bonds is 0. The standard InChI is InChI=1S/C7H6FNS/c1-6-9-5-7(10-6)3-2-4-8/h5H,4H2,1H3. The first-order chi connectivity index (χ1) is 4.83. The predicted octanol–water partition coefficient (Wildman–Crippen LogP) is 1.77. The summed E-state index contributed by atoms with van der Waals surface area (Å²) in [5.41, 5.74) is 0. The molecule has 0 fully saturated rings. The normalized spacial score (nSPS) is 8.60. The molecule has 0 bridgehead atoms. The van der Waals surface area contributed by atoms with Gasteiger partial charge >= 0.3 is 0 Å². The van der Waals surface area contributed by atoms with E-state index in [1.54, 1.807) is 6.20 Å². The minimum absolute atomic E-state index is 0.586. The summed E-state index contributed by atoms with van der Waals surface area (Å²) in [6.45, 7) is 1.31. The van der Waals surface area contributed by atoms with Gasteiger partial charge < -0.3 is 0 Å². The highest BCUT2D eigenvalue weighted by atomic mass is 32.1. The Kier molecular flexibility index (Phi) is 2.41. The highest BCUT2D eigenvalue weighted by Gasteiger charge is 1.90. The molecule has 1 aromatic heterocycles. The van der Waals surface area contributed by atoms with Crippen LogP contribution >= 0.6 is 11.3 Å². The molecule has 0 atom stereocenters. The highest BCUT2D eigenvalue weighted by molar-refractivity contribution is 7.12. The van der Waals surface area contributed by atoms with Crippen molar-refractivity contribution in [2.45, 2.75) is 6.92 Å². The highest BCUT2D eigenvalue weighted by Crippen LogP contribution is 2.08. The largest absolute Gasteiger partial charge is 0.249 e. The maximum Gasteiger partial charge on any atom is 0.150 e. The molecular formula is C7H6FNS. The van der Waals surface area contributed by atoms with Crippen molar-refractivity contribution in [3.05, 3.63) is 16.1 Å². The van der Waals surface area contributed by atoms with Crippen LogP contribution in [0.15, 0.2) is 6.20 Å². The van der Waals surface area contributed by atoms with Gasteiger partial charge in [0.25, 0.3) is 0 Å². The zero-order chi connectivity index (χ0) is 7.40. The van der Waals surface area contributed by atoms with Gasteiger partial charge in [0, 0.05) is 0 Å². The molecule has 0 amide bonds. The van der Waals surface area contributed by atoms with E-state index in [-0.39, 0.29) is 0 Å². The molecule has 0 radical (unpaired) electrons. The Labute approximate surface area is 62.9 Å². The van der Waals surface area contributed by atoms with Crippen LogP contribution in [0.5, 0.6) is 0 Å². The topological polar surface area (TPSA) is 12.9 Å². The maximum absolute atomic E-state index is 11.5. The van der Waals surface area contributed by atoms with E-state index in [4.69, 9.17) is 0 Å². The predicted molar refractivity (Wildman–Crippen MR) is 39.7 cm³/mol. The van der Waals surface area contributed by atoms with Crippen LogP contribution in [0.3, 0.4) is 0 Å². The fourth-order valence-corrected chi connectivity index (χ4v) is 1.19. The van der Waals surface area contributed by atoms with Gasteiger partial charge in [0.2, 0.25) is 0 Å². The molecule has 1 rings (SSSR count). The number of hydrogen-bond donors (Lipinski definition) is 0. The van der Waals surface area contributed by atoms with Crippen LogP contribution in [-0.2, 0) is 0 Å². The molecule has 0 N–H and O–H groups in total. The van der Waals surface area contributed by atoms with Gasteiger partial charge in [0.05, 0.1) is 16.1 Å². The first-order valence-electron chi connectivity index (χ1n) is 2.80. The van der Waals surface area contributed by atoms with Crippen LogP contribution in [0.4, 0.5) is 4.39 Å². The van der Waals surface area contributed by atoms with Crippen LogP contribution in [0.2, 0.25) is 0 Å². The van der Waals surface area contributed by atoms with Gasteiger partial charge in [0.1, 0.15) is 0 Å². The van der Waals surface area contributed by atoms with Gasteiger partial charge in [-0.05, 0) is 6.92 Å². The molecule has 1 nitrogen and oxygen atoms in total. The van der Waals surface area contributed by atoms with Crippen molar-refractivity contribution in [2.75, 3.05) is 6.67 Å². The number of aryl methyl sites for hydroxylation is 1. The molecule has 0 aliphatic rings. The maximum atomic E-state index is 11.5. The summed E-state index contributed by atoms with van der Waals surface area (Å²) < 4.78 is 11.5. The van der Waals surface area contributed by atoms with Crippen molar-refractivity contribution < 1.29 is 4.39 Å². The second-order valence-corrected chi connectivity index (χ2v) is 2.91. The molecule has 10 heavy (non-hydrogen) atoms. The zero-order valence-electron chi connectivity index (χ0n) is 5.52. The van der Waals surface area contributed by atoms with Crippen LogP contribution in [0.1, 0.15) is 9.88 Å². The summed E-state index contributed by atoms with van der Waals surface area (Å²) in [5, 5.41) is 0.961. The number of alkyl halides is 1. The van der Waals surface area contributed by atoms with Crippen molar-refractivity contribution in [2.24, 2.45) is 0 Å². The number of aromatic nitrogens is 1. The van der Waals surface area contributed by atoms with Crippen LogP contribution in [-0.4, -0.2) is 11.7 Å². The van der Waals surface area contributed by atoms with Crippen LogP contribution in [0, 0.1) is 18.8 Å². The van der Waals surface area contributed by atoms with E-state index in [1.807, 2.05) is 6.92 Å². The monoisotopic (exact) mass is 155 g/mol. The molecule has 0 aliphatic heterocycles. The van der Waals surface area contributed by atoms with Crippen molar-refractivity contribution in [1.29, 1.82) is 0 Å². The SMILES string of the molecule is Cc1ncc(C#CCF)s1. The second kappa shape index (κ2) is 3.33. The first-order valence-corrected chi connectivity index (χ1v) is 3.62. The van der Waals surface area contributed by atoms with Gasteiger partial charge in [-0.15, -0.1) is 11.3 Å². The third-order valence-electron chi connectivity index (χ3n) is 0.900. The van der Waals surface area contributed by atoms with E-state index >= 15 is 0 Å².